The normalized spacial score (nSPS) is 18.5. The van der Waals surface area contributed by atoms with Crippen LogP contribution in [0.4, 0.5) is 0 Å². The fourth-order valence-electron chi connectivity index (χ4n) is 2.63. The van der Waals surface area contributed by atoms with Crippen LogP contribution < -0.4 is 0 Å². The molecule has 0 radical (unpaired) electrons. The highest BCUT2D eigenvalue weighted by atomic mass is 35.5. The van der Waals surface area contributed by atoms with Crippen LogP contribution in [0, 0.1) is 0 Å². The smallest absolute Gasteiger partial charge is 0.307 e. The number of carbonyl (C=O) groups excluding carboxylic acids is 3. The summed E-state index contributed by atoms with van der Waals surface area (Å²) in [5, 5.41) is -0.131. The summed E-state index contributed by atoms with van der Waals surface area (Å²) in [6.45, 7) is 3.18. The summed E-state index contributed by atoms with van der Waals surface area (Å²) in [6, 6.07) is 0. The van der Waals surface area contributed by atoms with Gasteiger partial charge in [0.05, 0.1) is 0 Å². The molecule has 1 unspecified atom stereocenters. The van der Waals surface area contributed by atoms with Crippen molar-refractivity contribution in [3.63, 3.8) is 0 Å². The van der Waals surface area contributed by atoms with Gasteiger partial charge in [0, 0.05) is 20.8 Å². The Morgan fingerprint density at radius 1 is 1.14 bits per heavy atom. The molecular weight excluding hydrogens is 431 g/mol. The van der Waals surface area contributed by atoms with Crippen LogP contribution in [-0.2, 0) is 33.3 Å². The third kappa shape index (κ3) is 4.40. The summed E-state index contributed by atoms with van der Waals surface area (Å²) < 4.78 is 22.6. The number of nitrogens with zero attached hydrogens (tertiary/aromatic N) is 4. The molecule has 3 rings (SSSR count). The van der Waals surface area contributed by atoms with Gasteiger partial charge in [-0.25, -0.2) is 9.97 Å². The van der Waals surface area contributed by atoms with Crippen molar-refractivity contribution in [2.45, 2.75) is 33.1 Å². The lowest BCUT2D eigenvalue weighted by atomic mass is 10.2. The molecule has 2 aromatic heterocycles. The molecule has 13 heteroatoms. The maximum Gasteiger partial charge on any atom is 0.307 e. The first kappa shape index (κ1) is 20.8. The van der Waals surface area contributed by atoms with Gasteiger partial charge in [-0.1, -0.05) is 11.6 Å². The van der Waals surface area contributed by atoms with E-state index in [1.54, 1.807) is 0 Å². The molecule has 0 amide bonds. The number of halogens is 2. The molecule has 0 aliphatic carbocycles. The summed E-state index contributed by atoms with van der Waals surface area (Å²) in [4.78, 5) is 46.4. The van der Waals surface area contributed by atoms with E-state index in [-0.39, 0.29) is 39.7 Å². The van der Waals surface area contributed by atoms with Gasteiger partial charge in [0.2, 0.25) is 17.6 Å². The number of fused-ring (bicyclic) bond motifs is 1. The van der Waals surface area contributed by atoms with E-state index in [2.05, 4.69) is 15.0 Å². The van der Waals surface area contributed by atoms with Gasteiger partial charge < -0.3 is 18.9 Å². The van der Waals surface area contributed by atoms with Crippen molar-refractivity contribution in [2.75, 3.05) is 6.61 Å². The lowest BCUT2D eigenvalue weighted by Crippen LogP contribution is -2.28. The van der Waals surface area contributed by atoms with Crippen molar-refractivity contribution < 1.29 is 33.3 Å². The second kappa shape index (κ2) is 8.21. The second-order valence-corrected chi connectivity index (χ2v) is 6.50. The fourth-order valence-corrected chi connectivity index (χ4v) is 3.05. The van der Waals surface area contributed by atoms with Crippen LogP contribution in [0.15, 0.2) is 17.8 Å². The van der Waals surface area contributed by atoms with Gasteiger partial charge in [-0.3, -0.25) is 19.0 Å². The molecule has 29 heavy (non-hydrogen) atoms. The van der Waals surface area contributed by atoms with Crippen molar-refractivity contribution in [3.8, 4) is 0 Å². The molecule has 0 saturated heterocycles. The largest absolute Gasteiger partial charge is 0.463 e. The van der Waals surface area contributed by atoms with Crippen molar-refractivity contribution >= 4 is 52.3 Å². The number of rotatable bonds is 5. The first-order valence-corrected chi connectivity index (χ1v) is 8.87. The molecular formula is C16H14Cl2N4O7. The van der Waals surface area contributed by atoms with E-state index >= 15 is 0 Å². The Kier molecular flexibility index (Phi) is 5.89. The van der Waals surface area contributed by atoms with E-state index in [9.17, 15) is 14.4 Å². The monoisotopic (exact) mass is 444 g/mol. The zero-order valence-corrected chi connectivity index (χ0v) is 16.9. The number of hydrogen-bond acceptors (Lipinski definition) is 10. The van der Waals surface area contributed by atoms with E-state index in [1.165, 1.54) is 24.7 Å². The first-order chi connectivity index (χ1) is 13.7. The number of aromatic nitrogens is 4. The van der Waals surface area contributed by atoms with Crippen molar-refractivity contribution in [1.29, 1.82) is 0 Å². The predicted octanol–water partition coefficient (Wildman–Crippen LogP) is 1.93. The van der Waals surface area contributed by atoms with E-state index < -0.39 is 30.2 Å². The summed E-state index contributed by atoms with van der Waals surface area (Å²) in [6.07, 6.45) is -0.971. The Morgan fingerprint density at radius 3 is 2.48 bits per heavy atom. The van der Waals surface area contributed by atoms with Crippen LogP contribution in [0.25, 0.3) is 11.2 Å². The minimum Gasteiger partial charge on any atom is -0.463 e. The van der Waals surface area contributed by atoms with Crippen molar-refractivity contribution in [1.82, 2.24) is 19.5 Å². The molecule has 1 aliphatic heterocycles. The van der Waals surface area contributed by atoms with Crippen LogP contribution in [0.5, 0.6) is 0 Å². The Labute approximate surface area is 173 Å². The van der Waals surface area contributed by atoms with Crippen LogP contribution in [0.1, 0.15) is 27.0 Å². The highest BCUT2D eigenvalue weighted by molar-refractivity contribution is 6.35. The zero-order chi connectivity index (χ0) is 21.3. The average Bonchev–Trinajstić information content (AvgIpc) is 3.15. The van der Waals surface area contributed by atoms with Gasteiger partial charge in [-0.15, -0.1) is 0 Å². The predicted molar refractivity (Wildman–Crippen MR) is 96.4 cm³/mol. The summed E-state index contributed by atoms with van der Waals surface area (Å²) in [5.41, 5.74) is 0.414. The van der Waals surface area contributed by atoms with Gasteiger partial charge >= 0.3 is 17.9 Å². The number of carbonyl (C=O) groups is 3. The zero-order valence-electron chi connectivity index (χ0n) is 15.3. The summed E-state index contributed by atoms with van der Waals surface area (Å²) >= 11 is 11.9. The minimum atomic E-state index is -1.20. The van der Waals surface area contributed by atoms with Gasteiger partial charge in [-0.05, 0) is 11.6 Å². The Bertz CT molecular complexity index is 1040. The molecule has 0 fully saturated rings. The molecule has 1 aliphatic rings. The topological polar surface area (TPSA) is 132 Å². The van der Waals surface area contributed by atoms with Crippen LogP contribution in [0.3, 0.4) is 0 Å². The van der Waals surface area contributed by atoms with E-state index in [0.717, 1.165) is 6.92 Å². The number of imidazole rings is 1. The Balaban J connectivity index is 2.08. The van der Waals surface area contributed by atoms with Gasteiger partial charge in [0.15, 0.2) is 28.9 Å². The van der Waals surface area contributed by atoms with Crippen molar-refractivity contribution in [2.24, 2.45) is 0 Å². The molecule has 11 nitrogen and oxygen atoms in total. The van der Waals surface area contributed by atoms with Crippen LogP contribution >= 0.6 is 23.2 Å². The number of hydrogen-bond donors (Lipinski definition) is 0. The Morgan fingerprint density at radius 2 is 1.86 bits per heavy atom. The fraction of sp³-hybridized carbons (Fsp3) is 0.375. The van der Waals surface area contributed by atoms with Gasteiger partial charge in [0.25, 0.3) is 0 Å². The third-order valence-electron chi connectivity index (χ3n) is 3.63. The number of esters is 3. The average molecular weight is 445 g/mol. The second-order valence-electron chi connectivity index (χ2n) is 5.81. The quantitative estimate of drug-likeness (QED) is 0.291. The van der Waals surface area contributed by atoms with Gasteiger partial charge in [-0.2, -0.15) is 4.98 Å². The molecule has 0 aromatic carbocycles. The molecule has 0 spiro atoms. The van der Waals surface area contributed by atoms with Crippen molar-refractivity contribution in [3.05, 3.63) is 28.3 Å². The van der Waals surface area contributed by atoms with E-state index in [1.807, 2.05) is 0 Å². The molecule has 2 atom stereocenters. The summed E-state index contributed by atoms with van der Waals surface area (Å²) in [5.74, 6) is -2.08. The summed E-state index contributed by atoms with van der Waals surface area (Å²) in [7, 11) is 0. The number of ether oxygens (including phenoxy) is 4. The third-order valence-corrected chi connectivity index (χ3v) is 4.07. The SMILES string of the molecule is CC(=O)OCC1=C(OC(C)=O)C(OC(C)=O)[C@H](n2cnc3c(Cl)nc(Cl)nc32)O1. The minimum absolute atomic E-state index is 0.00842. The lowest BCUT2D eigenvalue weighted by Gasteiger charge is -2.21. The maximum absolute atomic E-state index is 11.7. The van der Waals surface area contributed by atoms with Crippen LogP contribution in [-0.4, -0.2) is 50.1 Å². The molecule has 2 aromatic rings. The lowest BCUT2D eigenvalue weighted by molar-refractivity contribution is -0.156. The molecule has 0 bridgehead atoms. The Hall–Kier alpha value is -2.92. The van der Waals surface area contributed by atoms with Crippen LogP contribution in [0.2, 0.25) is 10.4 Å². The van der Waals surface area contributed by atoms with Gasteiger partial charge in [0.1, 0.15) is 11.8 Å². The highest BCUT2D eigenvalue weighted by Crippen LogP contribution is 2.38. The highest BCUT2D eigenvalue weighted by Gasteiger charge is 2.44. The van der Waals surface area contributed by atoms with E-state index in [0.29, 0.717) is 0 Å². The standard InChI is InChI=1S/C16H14Cl2N4O7/c1-6(23)26-4-9-11(27-7(2)24)12(28-8(3)25)15(29-9)22-5-19-10-13(17)20-16(18)21-14(10)22/h5,12,15H,4H2,1-3H3/t12?,15-/m1/s1. The first-order valence-electron chi connectivity index (χ1n) is 8.11. The molecule has 0 N–H and O–H groups in total. The van der Waals surface area contributed by atoms with E-state index in [4.69, 9.17) is 42.1 Å². The molecule has 154 valence electrons. The molecule has 0 saturated carbocycles. The maximum atomic E-state index is 11.7. The molecule has 3 heterocycles.